The number of rotatable bonds is 0. The van der Waals surface area contributed by atoms with Gasteiger partial charge in [0, 0.05) is 0 Å². The van der Waals surface area contributed by atoms with Crippen LogP contribution in [0.15, 0.2) is 11.6 Å². The van der Waals surface area contributed by atoms with Crippen LogP contribution in [0.5, 0.6) is 0 Å². The molecule has 0 fully saturated rings. The lowest BCUT2D eigenvalue weighted by Crippen LogP contribution is -2.18. The number of hydrogen-bond donors (Lipinski definition) is 1. The SMILES string of the molecule is CC1=CCC(O)CC(C)(C)C1. The summed E-state index contributed by atoms with van der Waals surface area (Å²) in [6.45, 7) is 6.59. The van der Waals surface area contributed by atoms with Gasteiger partial charge in [0.1, 0.15) is 0 Å². The molecule has 0 bridgehead atoms. The molecule has 0 radical (unpaired) electrons. The molecule has 1 nitrogen and oxygen atoms in total. The molecule has 0 spiro atoms. The van der Waals surface area contributed by atoms with E-state index in [0.717, 1.165) is 19.3 Å². The predicted molar refractivity (Wildman–Crippen MR) is 47.4 cm³/mol. The number of allylic oxidation sites excluding steroid dienone is 1. The molecular formula is C10H18O. The molecule has 0 amide bonds. The fourth-order valence-corrected chi connectivity index (χ4v) is 1.96. The van der Waals surface area contributed by atoms with Gasteiger partial charge in [-0.2, -0.15) is 0 Å². The van der Waals surface area contributed by atoms with Gasteiger partial charge in [0.15, 0.2) is 0 Å². The van der Waals surface area contributed by atoms with Crippen molar-refractivity contribution in [3.8, 4) is 0 Å². The van der Waals surface area contributed by atoms with E-state index in [2.05, 4.69) is 26.8 Å². The van der Waals surface area contributed by atoms with Gasteiger partial charge in [-0.15, -0.1) is 0 Å². The van der Waals surface area contributed by atoms with Crippen molar-refractivity contribution in [1.29, 1.82) is 0 Å². The van der Waals surface area contributed by atoms with Crippen LogP contribution in [0.1, 0.15) is 40.0 Å². The third-order valence-electron chi connectivity index (χ3n) is 2.28. The highest BCUT2D eigenvalue weighted by molar-refractivity contribution is 5.05. The lowest BCUT2D eigenvalue weighted by Gasteiger charge is -2.24. The van der Waals surface area contributed by atoms with Gasteiger partial charge in [0.2, 0.25) is 0 Å². The lowest BCUT2D eigenvalue weighted by molar-refractivity contribution is 0.121. The van der Waals surface area contributed by atoms with Gasteiger partial charge in [-0.3, -0.25) is 0 Å². The Labute approximate surface area is 69.1 Å². The number of aliphatic hydroxyl groups excluding tert-OH is 1. The van der Waals surface area contributed by atoms with E-state index in [9.17, 15) is 5.11 Å². The van der Waals surface area contributed by atoms with Crippen molar-refractivity contribution in [2.24, 2.45) is 5.41 Å². The summed E-state index contributed by atoms with van der Waals surface area (Å²) in [5, 5.41) is 9.50. The van der Waals surface area contributed by atoms with Crippen molar-refractivity contribution >= 4 is 0 Å². The van der Waals surface area contributed by atoms with E-state index in [0.29, 0.717) is 0 Å². The minimum atomic E-state index is -0.123. The zero-order chi connectivity index (χ0) is 8.48. The quantitative estimate of drug-likeness (QED) is 0.531. The molecule has 0 aromatic rings. The molecule has 1 aliphatic rings. The molecule has 0 aromatic heterocycles. The van der Waals surface area contributed by atoms with Gasteiger partial charge in [-0.05, 0) is 31.6 Å². The standard InChI is InChI=1S/C10H18O/c1-8-4-5-9(11)7-10(2,3)6-8/h4,9,11H,5-7H2,1-3H3. The highest BCUT2D eigenvalue weighted by atomic mass is 16.3. The van der Waals surface area contributed by atoms with Crippen LogP contribution in [0.2, 0.25) is 0 Å². The van der Waals surface area contributed by atoms with Crippen LogP contribution in [0.3, 0.4) is 0 Å². The number of aliphatic hydroxyl groups is 1. The lowest BCUT2D eigenvalue weighted by atomic mass is 9.83. The summed E-state index contributed by atoms with van der Waals surface area (Å²) in [4.78, 5) is 0. The first-order valence-electron chi connectivity index (χ1n) is 4.33. The third kappa shape index (κ3) is 2.66. The van der Waals surface area contributed by atoms with E-state index in [1.54, 1.807) is 0 Å². The second kappa shape index (κ2) is 2.98. The average Bonchev–Trinajstić information content (AvgIpc) is 1.89. The Balaban J connectivity index is 2.69. The van der Waals surface area contributed by atoms with Crippen LogP contribution < -0.4 is 0 Å². The maximum atomic E-state index is 9.50. The Morgan fingerprint density at radius 1 is 1.55 bits per heavy atom. The summed E-state index contributed by atoms with van der Waals surface area (Å²) in [6.07, 6.45) is 4.95. The molecule has 1 rings (SSSR count). The van der Waals surface area contributed by atoms with Gasteiger partial charge in [0.05, 0.1) is 6.10 Å². The van der Waals surface area contributed by atoms with Crippen LogP contribution in [-0.2, 0) is 0 Å². The largest absolute Gasteiger partial charge is 0.393 e. The van der Waals surface area contributed by atoms with Gasteiger partial charge in [0.25, 0.3) is 0 Å². The van der Waals surface area contributed by atoms with Gasteiger partial charge in [-0.25, -0.2) is 0 Å². The average molecular weight is 154 g/mol. The molecule has 1 heteroatoms. The van der Waals surface area contributed by atoms with Crippen molar-refractivity contribution in [2.75, 3.05) is 0 Å². The summed E-state index contributed by atoms with van der Waals surface area (Å²) in [5.74, 6) is 0. The third-order valence-corrected chi connectivity index (χ3v) is 2.28. The van der Waals surface area contributed by atoms with E-state index in [-0.39, 0.29) is 11.5 Å². The Morgan fingerprint density at radius 2 is 2.18 bits per heavy atom. The van der Waals surface area contributed by atoms with E-state index in [1.165, 1.54) is 5.57 Å². The fraction of sp³-hybridized carbons (Fsp3) is 0.800. The minimum Gasteiger partial charge on any atom is -0.393 e. The van der Waals surface area contributed by atoms with Crippen LogP contribution in [-0.4, -0.2) is 11.2 Å². The molecule has 1 N–H and O–H groups in total. The normalized spacial score (nSPS) is 30.9. The van der Waals surface area contributed by atoms with Gasteiger partial charge < -0.3 is 5.11 Å². The van der Waals surface area contributed by atoms with E-state index in [1.807, 2.05) is 0 Å². The zero-order valence-electron chi connectivity index (χ0n) is 7.72. The van der Waals surface area contributed by atoms with E-state index >= 15 is 0 Å². The molecule has 1 atom stereocenters. The summed E-state index contributed by atoms with van der Waals surface area (Å²) in [5.41, 5.74) is 1.71. The van der Waals surface area contributed by atoms with Gasteiger partial charge in [-0.1, -0.05) is 25.5 Å². The molecule has 0 saturated heterocycles. The summed E-state index contributed by atoms with van der Waals surface area (Å²) < 4.78 is 0. The summed E-state index contributed by atoms with van der Waals surface area (Å²) in [6, 6.07) is 0. The van der Waals surface area contributed by atoms with E-state index in [4.69, 9.17) is 0 Å². The topological polar surface area (TPSA) is 20.2 Å². The molecule has 0 heterocycles. The second-order valence-corrected chi connectivity index (χ2v) is 4.49. The molecule has 1 unspecified atom stereocenters. The number of hydrogen-bond acceptors (Lipinski definition) is 1. The van der Waals surface area contributed by atoms with Crippen LogP contribution in [0.25, 0.3) is 0 Å². The predicted octanol–water partition coefficient (Wildman–Crippen LogP) is 2.50. The monoisotopic (exact) mass is 154 g/mol. The highest BCUT2D eigenvalue weighted by Gasteiger charge is 2.24. The first-order valence-corrected chi connectivity index (χ1v) is 4.33. The second-order valence-electron chi connectivity index (χ2n) is 4.49. The fourth-order valence-electron chi connectivity index (χ4n) is 1.96. The molecule has 0 saturated carbocycles. The molecule has 1 aliphatic carbocycles. The molecule has 0 aliphatic heterocycles. The van der Waals surface area contributed by atoms with Crippen molar-refractivity contribution in [2.45, 2.75) is 46.1 Å². The molecule has 11 heavy (non-hydrogen) atoms. The minimum absolute atomic E-state index is 0.123. The van der Waals surface area contributed by atoms with Crippen molar-refractivity contribution < 1.29 is 5.11 Å². The molecule has 64 valence electrons. The first kappa shape index (κ1) is 8.79. The molecule has 0 aromatic carbocycles. The maximum absolute atomic E-state index is 9.50. The summed E-state index contributed by atoms with van der Waals surface area (Å²) >= 11 is 0. The smallest absolute Gasteiger partial charge is 0.0579 e. The molecular weight excluding hydrogens is 136 g/mol. The summed E-state index contributed by atoms with van der Waals surface area (Å²) in [7, 11) is 0. The highest BCUT2D eigenvalue weighted by Crippen LogP contribution is 2.33. The first-order chi connectivity index (χ1) is 4.99. The van der Waals surface area contributed by atoms with Crippen LogP contribution in [0, 0.1) is 5.41 Å². The van der Waals surface area contributed by atoms with Crippen molar-refractivity contribution in [3.05, 3.63) is 11.6 Å². The van der Waals surface area contributed by atoms with Crippen molar-refractivity contribution in [1.82, 2.24) is 0 Å². The maximum Gasteiger partial charge on any atom is 0.0579 e. The van der Waals surface area contributed by atoms with Crippen LogP contribution >= 0.6 is 0 Å². The van der Waals surface area contributed by atoms with Crippen molar-refractivity contribution in [3.63, 3.8) is 0 Å². The van der Waals surface area contributed by atoms with Crippen LogP contribution in [0.4, 0.5) is 0 Å². The Bertz CT molecular complexity index is 168. The van der Waals surface area contributed by atoms with Gasteiger partial charge >= 0.3 is 0 Å². The Kier molecular flexibility index (Phi) is 2.38. The van der Waals surface area contributed by atoms with E-state index < -0.39 is 0 Å². The Hall–Kier alpha value is -0.300. The Morgan fingerprint density at radius 3 is 2.82 bits per heavy atom. The zero-order valence-corrected chi connectivity index (χ0v) is 7.72.